The summed E-state index contributed by atoms with van der Waals surface area (Å²) in [5, 5.41) is 9.21. The number of rotatable bonds is 2. The van der Waals surface area contributed by atoms with Gasteiger partial charge in [0.15, 0.2) is 0 Å². The van der Waals surface area contributed by atoms with Crippen LogP contribution in [0, 0.1) is 12.3 Å². The molecule has 1 N–H and O–H groups in total. The fourth-order valence-corrected chi connectivity index (χ4v) is 1.86. The van der Waals surface area contributed by atoms with Gasteiger partial charge in [-0.25, -0.2) is 9.59 Å². The summed E-state index contributed by atoms with van der Waals surface area (Å²) < 4.78 is 5.22. The lowest BCUT2D eigenvalue weighted by Crippen LogP contribution is -2.59. The van der Waals surface area contributed by atoms with Gasteiger partial charge in [-0.1, -0.05) is 5.92 Å². The first-order chi connectivity index (χ1) is 8.74. The molecule has 1 aliphatic heterocycles. The van der Waals surface area contributed by atoms with Gasteiger partial charge in [-0.2, -0.15) is 0 Å². The van der Waals surface area contributed by atoms with E-state index in [2.05, 4.69) is 5.92 Å². The first-order valence-electron chi connectivity index (χ1n) is 6.13. The molecule has 1 aliphatic rings. The molecule has 0 spiro atoms. The molecule has 6 nitrogen and oxygen atoms in total. The van der Waals surface area contributed by atoms with E-state index in [4.69, 9.17) is 11.2 Å². The highest BCUT2D eigenvalue weighted by molar-refractivity contribution is 5.80. The lowest BCUT2D eigenvalue weighted by Gasteiger charge is -2.39. The number of ether oxygens (including phenoxy) is 1. The molecular formula is C13H20N2O4. The van der Waals surface area contributed by atoms with Crippen LogP contribution in [0.4, 0.5) is 4.79 Å². The van der Waals surface area contributed by atoms with Gasteiger partial charge in [0.25, 0.3) is 0 Å². The molecule has 6 heteroatoms. The molecule has 0 aromatic carbocycles. The third-order valence-electron chi connectivity index (χ3n) is 2.69. The first kappa shape index (κ1) is 15.3. The van der Waals surface area contributed by atoms with Gasteiger partial charge in [0.1, 0.15) is 11.6 Å². The van der Waals surface area contributed by atoms with Crippen LogP contribution in [-0.2, 0) is 9.53 Å². The maximum absolute atomic E-state index is 12.0. The molecule has 0 aromatic rings. The van der Waals surface area contributed by atoms with Crippen LogP contribution in [0.15, 0.2) is 0 Å². The Labute approximate surface area is 113 Å². The van der Waals surface area contributed by atoms with E-state index in [9.17, 15) is 14.7 Å². The quantitative estimate of drug-likeness (QED) is 0.744. The summed E-state index contributed by atoms with van der Waals surface area (Å²) in [5.74, 6) is 1.43. The maximum atomic E-state index is 12.0. The average molecular weight is 268 g/mol. The molecule has 0 aliphatic carbocycles. The van der Waals surface area contributed by atoms with E-state index >= 15 is 0 Å². The molecular weight excluding hydrogens is 248 g/mol. The van der Waals surface area contributed by atoms with Crippen LogP contribution in [0.3, 0.4) is 0 Å². The van der Waals surface area contributed by atoms with Crippen molar-refractivity contribution in [2.24, 2.45) is 0 Å². The normalized spacial score (nSPS) is 20.7. The Morgan fingerprint density at radius 1 is 1.42 bits per heavy atom. The summed E-state index contributed by atoms with van der Waals surface area (Å²) in [4.78, 5) is 26.3. The molecule has 0 unspecified atom stereocenters. The number of carboxylic acids is 1. The van der Waals surface area contributed by atoms with E-state index in [0.717, 1.165) is 0 Å². The fraction of sp³-hybridized carbons (Fsp3) is 0.692. The van der Waals surface area contributed by atoms with Gasteiger partial charge in [0.05, 0.1) is 6.54 Å². The van der Waals surface area contributed by atoms with Crippen molar-refractivity contribution in [2.45, 2.75) is 32.4 Å². The number of terminal acetylenes is 1. The molecule has 1 heterocycles. The summed E-state index contributed by atoms with van der Waals surface area (Å²) in [6.07, 6.45) is 4.62. The Hall–Kier alpha value is -1.74. The predicted octanol–water partition coefficient (Wildman–Crippen LogP) is 0.625. The SMILES string of the molecule is C#CCN1CCN(C(=O)OC(C)(C)C)[C@@H](C(=O)O)C1. The Balaban J connectivity index is 2.75. The highest BCUT2D eigenvalue weighted by Crippen LogP contribution is 2.16. The van der Waals surface area contributed by atoms with E-state index < -0.39 is 23.7 Å². The van der Waals surface area contributed by atoms with Crippen LogP contribution in [-0.4, -0.2) is 64.8 Å². The third kappa shape index (κ3) is 4.45. The standard InChI is InChI=1S/C13H20N2O4/c1-5-6-14-7-8-15(10(9-14)11(16)17)12(18)19-13(2,3)4/h1,10H,6-9H2,2-4H3,(H,16,17)/t10-/m1/s1. The largest absolute Gasteiger partial charge is 0.480 e. The molecule has 0 saturated carbocycles. The zero-order valence-corrected chi connectivity index (χ0v) is 11.5. The van der Waals surface area contributed by atoms with Crippen molar-refractivity contribution in [1.29, 1.82) is 0 Å². The Morgan fingerprint density at radius 2 is 2.05 bits per heavy atom. The number of carbonyl (C=O) groups is 2. The number of carbonyl (C=O) groups excluding carboxylic acids is 1. The van der Waals surface area contributed by atoms with Crippen LogP contribution in [0.1, 0.15) is 20.8 Å². The molecule has 1 amide bonds. The molecule has 0 aromatic heterocycles. The lowest BCUT2D eigenvalue weighted by molar-refractivity contribution is -0.145. The molecule has 106 valence electrons. The summed E-state index contributed by atoms with van der Waals surface area (Å²) >= 11 is 0. The highest BCUT2D eigenvalue weighted by atomic mass is 16.6. The Morgan fingerprint density at radius 3 is 2.53 bits per heavy atom. The van der Waals surface area contributed by atoms with Crippen LogP contribution in [0.5, 0.6) is 0 Å². The minimum absolute atomic E-state index is 0.221. The number of carboxylic acid groups (broad SMARTS) is 1. The van der Waals surface area contributed by atoms with Crippen molar-refractivity contribution in [1.82, 2.24) is 9.80 Å². The Bertz CT molecular complexity index is 394. The van der Waals surface area contributed by atoms with Crippen LogP contribution in [0.2, 0.25) is 0 Å². The van der Waals surface area contributed by atoms with Crippen molar-refractivity contribution < 1.29 is 19.4 Å². The van der Waals surface area contributed by atoms with Crippen molar-refractivity contribution in [3.8, 4) is 12.3 Å². The van der Waals surface area contributed by atoms with Crippen molar-refractivity contribution in [3.05, 3.63) is 0 Å². The number of amides is 1. The van der Waals surface area contributed by atoms with Gasteiger partial charge in [-0.05, 0) is 20.8 Å². The van der Waals surface area contributed by atoms with E-state index in [1.165, 1.54) is 4.90 Å². The summed E-state index contributed by atoms with van der Waals surface area (Å²) in [6, 6.07) is -0.919. The lowest BCUT2D eigenvalue weighted by atomic mass is 10.1. The molecule has 1 atom stereocenters. The number of hydrogen-bond acceptors (Lipinski definition) is 4. The molecule has 0 bridgehead atoms. The molecule has 19 heavy (non-hydrogen) atoms. The zero-order chi connectivity index (χ0) is 14.6. The second-order valence-corrected chi connectivity index (χ2v) is 5.47. The first-order valence-corrected chi connectivity index (χ1v) is 6.13. The average Bonchev–Trinajstić information content (AvgIpc) is 2.26. The van der Waals surface area contributed by atoms with Gasteiger partial charge >= 0.3 is 12.1 Å². The zero-order valence-electron chi connectivity index (χ0n) is 11.5. The minimum Gasteiger partial charge on any atom is -0.480 e. The number of piperazine rings is 1. The smallest absolute Gasteiger partial charge is 0.411 e. The Kier molecular flexibility index (Phi) is 4.78. The van der Waals surface area contributed by atoms with E-state index in [1.807, 2.05) is 4.90 Å². The van der Waals surface area contributed by atoms with Gasteiger partial charge in [0, 0.05) is 19.6 Å². The van der Waals surface area contributed by atoms with Crippen molar-refractivity contribution >= 4 is 12.1 Å². The maximum Gasteiger partial charge on any atom is 0.411 e. The molecule has 1 saturated heterocycles. The van der Waals surface area contributed by atoms with Crippen LogP contribution >= 0.6 is 0 Å². The summed E-state index contributed by atoms with van der Waals surface area (Å²) in [6.45, 7) is 6.69. The van der Waals surface area contributed by atoms with E-state index in [0.29, 0.717) is 19.6 Å². The molecule has 1 fully saturated rings. The van der Waals surface area contributed by atoms with Gasteiger partial charge < -0.3 is 9.84 Å². The monoisotopic (exact) mass is 268 g/mol. The predicted molar refractivity (Wildman–Crippen MR) is 69.6 cm³/mol. The fourth-order valence-electron chi connectivity index (χ4n) is 1.86. The topological polar surface area (TPSA) is 70.1 Å². The molecule has 0 radical (unpaired) electrons. The second-order valence-electron chi connectivity index (χ2n) is 5.47. The number of nitrogens with zero attached hydrogens (tertiary/aromatic N) is 2. The molecule has 1 rings (SSSR count). The number of aliphatic carboxylic acids is 1. The van der Waals surface area contributed by atoms with Crippen LogP contribution in [0.25, 0.3) is 0 Å². The highest BCUT2D eigenvalue weighted by Gasteiger charge is 2.37. The van der Waals surface area contributed by atoms with Gasteiger partial charge in [0.2, 0.25) is 0 Å². The van der Waals surface area contributed by atoms with Gasteiger partial charge in [-0.15, -0.1) is 6.42 Å². The number of hydrogen-bond donors (Lipinski definition) is 1. The second kappa shape index (κ2) is 5.93. The van der Waals surface area contributed by atoms with Crippen molar-refractivity contribution in [2.75, 3.05) is 26.2 Å². The summed E-state index contributed by atoms with van der Waals surface area (Å²) in [7, 11) is 0. The van der Waals surface area contributed by atoms with E-state index in [-0.39, 0.29) is 6.54 Å². The summed E-state index contributed by atoms with van der Waals surface area (Å²) in [5.41, 5.74) is -0.643. The van der Waals surface area contributed by atoms with E-state index in [1.54, 1.807) is 20.8 Å². The minimum atomic E-state index is -1.05. The van der Waals surface area contributed by atoms with Gasteiger partial charge in [-0.3, -0.25) is 9.80 Å². The van der Waals surface area contributed by atoms with Crippen LogP contribution < -0.4 is 0 Å². The third-order valence-corrected chi connectivity index (χ3v) is 2.69. The van der Waals surface area contributed by atoms with Crippen molar-refractivity contribution in [3.63, 3.8) is 0 Å².